The van der Waals surface area contributed by atoms with Crippen molar-refractivity contribution in [1.82, 2.24) is 14.8 Å². The standard InChI is InChI=1S/C14H21N3O/c1-12(2)16-7-9-17(10-8-16)14(18)11-13-5-3-4-6-15-13/h3-6,12H,7-11H2,1-2H3. The van der Waals surface area contributed by atoms with E-state index < -0.39 is 0 Å². The SMILES string of the molecule is CC(C)N1CCN(C(=O)Cc2ccccn2)CC1. The predicted octanol–water partition coefficient (Wildman–Crippen LogP) is 1.18. The highest BCUT2D eigenvalue weighted by Crippen LogP contribution is 2.07. The molecule has 0 aromatic carbocycles. The van der Waals surface area contributed by atoms with Gasteiger partial charge in [-0.25, -0.2) is 0 Å². The van der Waals surface area contributed by atoms with Crippen LogP contribution in [0.5, 0.6) is 0 Å². The minimum Gasteiger partial charge on any atom is -0.340 e. The van der Waals surface area contributed by atoms with Crippen molar-refractivity contribution in [3.63, 3.8) is 0 Å². The average molecular weight is 247 g/mol. The molecule has 0 bridgehead atoms. The highest BCUT2D eigenvalue weighted by molar-refractivity contribution is 5.78. The summed E-state index contributed by atoms with van der Waals surface area (Å²) in [6, 6.07) is 6.27. The molecule has 0 radical (unpaired) electrons. The molecule has 0 atom stereocenters. The maximum absolute atomic E-state index is 12.1. The zero-order chi connectivity index (χ0) is 13.0. The molecule has 1 aromatic heterocycles. The Morgan fingerprint density at radius 1 is 1.28 bits per heavy atom. The van der Waals surface area contributed by atoms with E-state index in [-0.39, 0.29) is 5.91 Å². The molecular weight excluding hydrogens is 226 g/mol. The van der Waals surface area contributed by atoms with E-state index in [0.717, 1.165) is 31.9 Å². The second-order valence-electron chi connectivity index (χ2n) is 5.01. The maximum Gasteiger partial charge on any atom is 0.228 e. The van der Waals surface area contributed by atoms with Crippen LogP contribution in [0, 0.1) is 0 Å². The highest BCUT2D eigenvalue weighted by atomic mass is 16.2. The molecule has 0 saturated carbocycles. The van der Waals surface area contributed by atoms with E-state index in [9.17, 15) is 4.79 Å². The van der Waals surface area contributed by atoms with Gasteiger partial charge in [-0.1, -0.05) is 6.07 Å². The molecule has 18 heavy (non-hydrogen) atoms. The van der Waals surface area contributed by atoms with Crippen LogP contribution in [0.4, 0.5) is 0 Å². The summed E-state index contributed by atoms with van der Waals surface area (Å²) in [5.41, 5.74) is 0.855. The van der Waals surface area contributed by atoms with Crippen LogP contribution in [0.15, 0.2) is 24.4 Å². The van der Waals surface area contributed by atoms with Gasteiger partial charge in [0.05, 0.1) is 6.42 Å². The van der Waals surface area contributed by atoms with Crippen LogP contribution >= 0.6 is 0 Å². The zero-order valence-electron chi connectivity index (χ0n) is 11.2. The second kappa shape index (κ2) is 5.96. The van der Waals surface area contributed by atoms with Gasteiger partial charge in [0.1, 0.15) is 0 Å². The van der Waals surface area contributed by atoms with E-state index in [0.29, 0.717) is 12.5 Å². The number of pyridine rings is 1. The number of hydrogen-bond donors (Lipinski definition) is 0. The molecule has 1 aliphatic heterocycles. The molecule has 1 amide bonds. The van der Waals surface area contributed by atoms with Gasteiger partial charge in [0.25, 0.3) is 0 Å². The fourth-order valence-electron chi connectivity index (χ4n) is 2.26. The normalized spacial score (nSPS) is 17.2. The number of carbonyl (C=O) groups is 1. The van der Waals surface area contributed by atoms with Gasteiger partial charge in [0, 0.05) is 44.1 Å². The number of carbonyl (C=O) groups excluding carboxylic acids is 1. The lowest BCUT2D eigenvalue weighted by atomic mass is 10.2. The Morgan fingerprint density at radius 2 is 2.00 bits per heavy atom. The first-order valence-electron chi connectivity index (χ1n) is 6.58. The van der Waals surface area contributed by atoms with Gasteiger partial charge in [0.15, 0.2) is 0 Å². The Morgan fingerprint density at radius 3 is 2.56 bits per heavy atom. The van der Waals surface area contributed by atoms with Gasteiger partial charge < -0.3 is 4.90 Å². The molecule has 4 nitrogen and oxygen atoms in total. The van der Waals surface area contributed by atoms with Crippen molar-refractivity contribution in [2.45, 2.75) is 26.3 Å². The van der Waals surface area contributed by atoms with Gasteiger partial charge in [-0.2, -0.15) is 0 Å². The molecule has 0 spiro atoms. The van der Waals surface area contributed by atoms with Crippen LogP contribution in [0.2, 0.25) is 0 Å². The zero-order valence-corrected chi connectivity index (χ0v) is 11.2. The van der Waals surface area contributed by atoms with Crippen molar-refractivity contribution in [1.29, 1.82) is 0 Å². The molecule has 0 unspecified atom stereocenters. The number of nitrogens with zero attached hydrogens (tertiary/aromatic N) is 3. The number of piperazine rings is 1. The van der Waals surface area contributed by atoms with Crippen molar-refractivity contribution >= 4 is 5.91 Å². The first-order valence-corrected chi connectivity index (χ1v) is 6.58. The summed E-state index contributed by atoms with van der Waals surface area (Å²) in [6.07, 6.45) is 2.15. The lowest BCUT2D eigenvalue weighted by molar-refractivity contribution is -0.132. The van der Waals surface area contributed by atoms with Crippen molar-refractivity contribution in [2.75, 3.05) is 26.2 Å². The van der Waals surface area contributed by atoms with Crippen molar-refractivity contribution < 1.29 is 4.79 Å². The third-order valence-corrected chi connectivity index (χ3v) is 3.46. The Kier molecular flexibility index (Phi) is 4.31. The van der Waals surface area contributed by atoms with Crippen LogP contribution in [0.3, 0.4) is 0 Å². The van der Waals surface area contributed by atoms with Gasteiger partial charge in [-0.15, -0.1) is 0 Å². The Balaban J connectivity index is 1.85. The molecule has 98 valence electrons. The van der Waals surface area contributed by atoms with Gasteiger partial charge in [-0.05, 0) is 26.0 Å². The van der Waals surface area contributed by atoms with E-state index >= 15 is 0 Å². The van der Waals surface area contributed by atoms with Crippen LogP contribution in [-0.2, 0) is 11.2 Å². The minimum atomic E-state index is 0.192. The van der Waals surface area contributed by atoms with Gasteiger partial charge in [0.2, 0.25) is 5.91 Å². The molecule has 0 aliphatic carbocycles. The number of aromatic nitrogens is 1. The molecule has 1 fully saturated rings. The summed E-state index contributed by atoms with van der Waals surface area (Å²) in [6.45, 7) is 8.03. The molecule has 1 saturated heterocycles. The number of amides is 1. The van der Waals surface area contributed by atoms with Crippen LogP contribution < -0.4 is 0 Å². The molecule has 1 aliphatic rings. The van der Waals surface area contributed by atoms with Gasteiger partial charge >= 0.3 is 0 Å². The first-order chi connectivity index (χ1) is 8.66. The van der Waals surface area contributed by atoms with Crippen molar-refractivity contribution in [3.8, 4) is 0 Å². The Labute approximate surface area is 109 Å². The van der Waals surface area contributed by atoms with E-state index in [1.54, 1.807) is 6.20 Å². The molecule has 4 heteroatoms. The summed E-state index contributed by atoms with van der Waals surface area (Å²) in [5, 5.41) is 0. The minimum absolute atomic E-state index is 0.192. The van der Waals surface area contributed by atoms with Crippen LogP contribution in [-0.4, -0.2) is 52.9 Å². The third kappa shape index (κ3) is 3.29. The highest BCUT2D eigenvalue weighted by Gasteiger charge is 2.22. The molecule has 2 rings (SSSR count). The molecule has 1 aromatic rings. The maximum atomic E-state index is 12.1. The lowest BCUT2D eigenvalue weighted by Crippen LogP contribution is -2.51. The summed E-state index contributed by atoms with van der Waals surface area (Å²) in [5.74, 6) is 0.192. The smallest absolute Gasteiger partial charge is 0.228 e. The fraction of sp³-hybridized carbons (Fsp3) is 0.571. The molecule has 0 N–H and O–H groups in total. The first kappa shape index (κ1) is 13.0. The summed E-state index contributed by atoms with van der Waals surface area (Å²) < 4.78 is 0. The van der Waals surface area contributed by atoms with Gasteiger partial charge in [-0.3, -0.25) is 14.7 Å². The topological polar surface area (TPSA) is 36.4 Å². The molecule has 2 heterocycles. The van der Waals surface area contributed by atoms with E-state index in [4.69, 9.17) is 0 Å². The molecular formula is C14H21N3O. The predicted molar refractivity (Wildman–Crippen MR) is 71.2 cm³/mol. The van der Waals surface area contributed by atoms with E-state index in [2.05, 4.69) is 23.7 Å². The fourth-order valence-corrected chi connectivity index (χ4v) is 2.26. The summed E-state index contributed by atoms with van der Waals surface area (Å²) >= 11 is 0. The van der Waals surface area contributed by atoms with E-state index in [1.807, 2.05) is 23.1 Å². The van der Waals surface area contributed by atoms with Crippen LogP contribution in [0.25, 0.3) is 0 Å². The number of hydrogen-bond acceptors (Lipinski definition) is 3. The second-order valence-corrected chi connectivity index (χ2v) is 5.01. The third-order valence-electron chi connectivity index (χ3n) is 3.46. The van der Waals surface area contributed by atoms with Crippen molar-refractivity contribution in [3.05, 3.63) is 30.1 Å². The Bertz CT molecular complexity index is 383. The average Bonchev–Trinajstić information content (AvgIpc) is 2.40. The number of rotatable bonds is 3. The quantitative estimate of drug-likeness (QED) is 0.804. The van der Waals surface area contributed by atoms with Crippen LogP contribution in [0.1, 0.15) is 19.5 Å². The van der Waals surface area contributed by atoms with Crippen molar-refractivity contribution in [2.24, 2.45) is 0 Å². The lowest BCUT2D eigenvalue weighted by Gasteiger charge is -2.36. The Hall–Kier alpha value is -1.42. The monoisotopic (exact) mass is 247 g/mol. The summed E-state index contributed by atoms with van der Waals surface area (Å²) in [4.78, 5) is 20.7. The summed E-state index contributed by atoms with van der Waals surface area (Å²) in [7, 11) is 0. The van der Waals surface area contributed by atoms with E-state index in [1.165, 1.54) is 0 Å². The largest absolute Gasteiger partial charge is 0.340 e.